The van der Waals surface area contributed by atoms with Crippen LogP contribution in [0, 0.1) is 0 Å². The van der Waals surface area contributed by atoms with Gasteiger partial charge in [0, 0.05) is 0 Å². The summed E-state index contributed by atoms with van der Waals surface area (Å²) in [5.41, 5.74) is 0.0231. The molecule has 2 atom stereocenters. The molecule has 1 aliphatic heterocycles. The van der Waals surface area contributed by atoms with Crippen molar-refractivity contribution in [1.29, 1.82) is 0 Å². The number of rotatable bonds is 1. The third kappa shape index (κ3) is 6.05. The van der Waals surface area contributed by atoms with Gasteiger partial charge in [0.05, 0.1) is 19.3 Å². The predicted molar refractivity (Wildman–Crippen MR) is 34.4 cm³/mol. The van der Waals surface area contributed by atoms with Gasteiger partial charge in [0.2, 0.25) is 0 Å². The van der Waals surface area contributed by atoms with Gasteiger partial charge in [0.1, 0.15) is 0 Å². The monoisotopic (exact) mass is 154 g/mol. The van der Waals surface area contributed by atoms with Gasteiger partial charge < -0.3 is 14.9 Å². The second-order valence-corrected chi connectivity index (χ2v) is 2.07. The van der Waals surface area contributed by atoms with Crippen molar-refractivity contribution in [2.75, 3.05) is 13.2 Å². The molecule has 0 aromatic carbocycles. The normalized spacial score (nSPS) is 30.7. The van der Waals surface area contributed by atoms with Crippen LogP contribution in [0.25, 0.3) is 0 Å². The molecule has 0 aromatic rings. The molecule has 0 amide bonds. The van der Waals surface area contributed by atoms with Gasteiger partial charge in [0.25, 0.3) is 0 Å². The van der Waals surface area contributed by atoms with Crippen LogP contribution in [-0.4, -0.2) is 35.1 Å². The quantitative estimate of drug-likeness (QED) is 0.411. The van der Waals surface area contributed by atoms with Crippen LogP contribution in [0.3, 0.4) is 0 Å². The van der Waals surface area contributed by atoms with Gasteiger partial charge in [-0.25, -0.2) is 0 Å². The standard InChI is InChI=1S/C3H5ClO.C2H6O2/c1-2-3(4)5-2;3-1-2-4/h2-3H,1H3;3-4H,1-2H2. The molecule has 0 aliphatic carbocycles. The molecule has 0 bridgehead atoms. The van der Waals surface area contributed by atoms with E-state index >= 15 is 0 Å². The summed E-state index contributed by atoms with van der Waals surface area (Å²) in [4.78, 5) is 0. The first-order valence-electron chi connectivity index (χ1n) is 2.73. The average molecular weight is 155 g/mol. The molecule has 0 radical (unpaired) electrons. The Morgan fingerprint density at radius 1 is 1.44 bits per heavy atom. The third-order valence-electron chi connectivity index (χ3n) is 0.737. The summed E-state index contributed by atoms with van der Waals surface area (Å²) >= 11 is 5.31. The van der Waals surface area contributed by atoms with Gasteiger partial charge in [-0.3, -0.25) is 0 Å². The van der Waals surface area contributed by atoms with Gasteiger partial charge in [-0.05, 0) is 6.92 Å². The Bertz CT molecular complexity index is 61.2. The summed E-state index contributed by atoms with van der Waals surface area (Å²) in [5.74, 6) is 0. The number of hydrogen-bond acceptors (Lipinski definition) is 3. The first-order chi connectivity index (χ1) is 4.22. The van der Waals surface area contributed by atoms with E-state index in [0.717, 1.165) is 0 Å². The van der Waals surface area contributed by atoms with E-state index in [1.54, 1.807) is 0 Å². The first kappa shape index (κ1) is 9.17. The Labute approximate surface area is 59.2 Å². The van der Waals surface area contributed by atoms with E-state index in [2.05, 4.69) is 4.74 Å². The minimum absolute atomic E-state index is 0.0231. The summed E-state index contributed by atoms with van der Waals surface area (Å²) in [6, 6.07) is 0. The van der Waals surface area contributed by atoms with Crippen LogP contribution in [0.2, 0.25) is 0 Å². The van der Waals surface area contributed by atoms with Crippen molar-refractivity contribution in [2.45, 2.75) is 18.6 Å². The lowest BCUT2D eigenvalue weighted by Crippen LogP contribution is -1.85. The van der Waals surface area contributed by atoms with E-state index in [-0.39, 0.29) is 18.8 Å². The number of alkyl halides is 1. The van der Waals surface area contributed by atoms with E-state index in [4.69, 9.17) is 21.8 Å². The molecule has 56 valence electrons. The smallest absolute Gasteiger partial charge is 0.157 e. The fourth-order valence-corrected chi connectivity index (χ4v) is 0.322. The van der Waals surface area contributed by atoms with Crippen LogP contribution in [-0.2, 0) is 4.74 Å². The number of halogens is 1. The zero-order valence-electron chi connectivity index (χ0n) is 5.25. The topological polar surface area (TPSA) is 53.0 Å². The molecule has 9 heavy (non-hydrogen) atoms. The van der Waals surface area contributed by atoms with E-state index in [9.17, 15) is 0 Å². The molecule has 3 nitrogen and oxygen atoms in total. The maximum Gasteiger partial charge on any atom is 0.157 e. The SMILES string of the molecule is CC1OC1Cl.OCCO. The molecule has 1 saturated heterocycles. The van der Waals surface area contributed by atoms with Crippen LogP contribution in [0.15, 0.2) is 0 Å². The zero-order valence-corrected chi connectivity index (χ0v) is 6.01. The predicted octanol–water partition coefficient (Wildman–Crippen LogP) is -0.0590. The van der Waals surface area contributed by atoms with Crippen LogP contribution < -0.4 is 0 Å². The van der Waals surface area contributed by atoms with Crippen LogP contribution >= 0.6 is 11.6 Å². The molecule has 0 aromatic heterocycles. The van der Waals surface area contributed by atoms with Crippen LogP contribution in [0.4, 0.5) is 0 Å². The molecule has 2 N–H and O–H groups in total. The summed E-state index contributed by atoms with van der Waals surface area (Å²) in [7, 11) is 0. The van der Waals surface area contributed by atoms with Crippen molar-refractivity contribution in [1.82, 2.24) is 0 Å². The Morgan fingerprint density at radius 2 is 1.67 bits per heavy atom. The Balaban J connectivity index is 0.000000148. The van der Waals surface area contributed by atoms with Gasteiger partial charge >= 0.3 is 0 Å². The lowest BCUT2D eigenvalue weighted by atomic mass is 10.6. The molecular weight excluding hydrogens is 144 g/mol. The van der Waals surface area contributed by atoms with Crippen LogP contribution in [0.1, 0.15) is 6.92 Å². The average Bonchev–Trinajstić information content (AvgIpc) is 2.47. The number of epoxide rings is 1. The number of ether oxygens (including phenoxy) is 1. The second kappa shape index (κ2) is 4.99. The minimum atomic E-state index is -0.125. The van der Waals surface area contributed by atoms with Gasteiger partial charge in [-0.1, -0.05) is 11.6 Å². The fraction of sp³-hybridized carbons (Fsp3) is 1.00. The highest BCUT2D eigenvalue weighted by molar-refractivity contribution is 6.21. The highest BCUT2D eigenvalue weighted by Crippen LogP contribution is 2.23. The lowest BCUT2D eigenvalue weighted by molar-refractivity contribution is 0.186. The lowest BCUT2D eigenvalue weighted by Gasteiger charge is -1.70. The maximum atomic E-state index is 7.62. The molecule has 4 heteroatoms. The molecule has 0 spiro atoms. The summed E-state index contributed by atoms with van der Waals surface area (Å²) in [6.45, 7) is 1.69. The van der Waals surface area contributed by atoms with Gasteiger partial charge in [-0.15, -0.1) is 0 Å². The number of hydrogen-bond donors (Lipinski definition) is 2. The highest BCUT2D eigenvalue weighted by atomic mass is 35.5. The van der Waals surface area contributed by atoms with Crippen molar-refractivity contribution in [3.63, 3.8) is 0 Å². The molecule has 1 fully saturated rings. The largest absolute Gasteiger partial charge is 0.394 e. The molecule has 1 rings (SSSR count). The Morgan fingerprint density at radius 3 is 1.67 bits per heavy atom. The zero-order chi connectivity index (χ0) is 7.28. The van der Waals surface area contributed by atoms with Gasteiger partial charge in [-0.2, -0.15) is 0 Å². The molecule has 0 saturated carbocycles. The summed E-state index contributed by atoms with van der Waals surface area (Å²) in [5, 5.41) is 15.2. The molecule has 1 heterocycles. The minimum Gasteiger partial charge on any atom is -0.394 e. The van der Waals surface area contributed by atoms with Crippen molar-refractivity contribution >= 4 is 11.6 Å². The van der Waals surface area contributed by atoms with Crippen molar-refractivity contribution in [2.24, 2.45) is 0 Å². The number of aliphatic hydroxyl groups is 2. The van der Waals surface area contributed by atoms with Crippen molar-refractivity contribution in [3.05, 3.63) is 0 Å². The van der Waals surface area contributed by atoms with E-state index in [0.29, 0.717) is 6.10 Å². The highest BCUT2D eigenvalue weighted by Gasteiger charge is 2.30. The van der Waals surface area contributed by atoms with Gasteiger partial charge in [0.15, 0.2) is 5.56 Å². The third-order valence-corrected chi connectivity index (χ3v) is 1.19. The first-order valence-corrected chi connectivity index (χ1v) is 3.17. The summed E-state index contributed by atoms with van der Waals surface area (Å²) in [6.07, 6.45) is 0.316. The molecular formula is C5H11ClO3. The van der Waals surface area contributed by atoms with Crippen molar-refractivity contribution in [3.8, 4) is 0 Å². The Hall–Kier alpha value is 0.170. The summed E-state index contributed by atoms with van der Waals surface area (Å²) < 4.78 is 4.68. The Kier molecular flexibility index (Phi) is 5.09. The maximum absolute atomic E-state index is 7.62. The number of aliphatic hydroxyl groups excluding tert-OH is 2. The van der Waals surface area contributed by atoms with E-state index < -0.39 is 0 Å². The van der Waals surface area contributed by atoms with Crippen LogP contribution in [0.5, 0.6) is 0 Å². The molecule has 2 unspecified atom stereocenters. The second-order valence-electron chi connectivity index (χ2n) is 1.64. The van der Waals surface area contributed by atoms with E-state index in [1.165, 1.54) is 0 Å². The van der Waals surface area contributed by atoms with Crippen molar-refractivity contribution < 1.29 is 14.9 Å². The molecule has 1 aliphatic rings. The van der Waals surface area contributed by atoms with E-state index in [1.807, 2.05) is 6.92 Å². The fourth-order valence-electron chi connectivity index (χ4n) is 0.160.